The highest BCUT2D eigenvalue weighted by Crippen LogP contribution is 2.17. The van der Waals surface area contributed by atoms with Gasteiger partial charge in [-0.25, -0.2) is 4.39 Å². The Bertz CT molecular complexity index is 398. The van der Waals surface area contributed by atoms with Gasteiger partial charge in [0.05, 0.1) is 4.47 Å². The van der Waals surface area contributed by atoms with Crippen LogP contribution in [-0.4, -0.2) is 38.1 Å². The van der Waals surface area contributed by atoms with Gasteiger partial charge < -0.3 is 9.64 Å². The van der Waals surface area contributed by atoms with E-state index in [1.54, 1.807) is 19.1 Å². The summed E-state index contributed by atoms with van der Waals surface area (Å²) < 4.78 is 18.2. The van der Waals surface area contributed by atoms with Crippen LogP contribution in [0.4, 0.5) is 4.39 Å². The molecule has 1 aromatic rings. The van der Waals surface area contributed by atoms with Gasteiger partial charge in [0, 0.05) is 32.9 Å². The second-order valence-electron chi connectivity index (χ2n) is 3.70. The number of ether oxygens (including phenoxy) is 1. The zero-order valence-electron chi connectivity index (χ0n) is 9.87. The molecule has 1 amide bonds. The third-order valence-corrected chi connectivity index (χ3v) is 2.96. The van der Waals surface area contributed by atoms with Crippen LogP contribution in [0, 0.1) is 5.82 Å². The molecule has 0 heterocycles. The van der Waals surface area contributed by atoms with Gasteiger partial charge in [0.25, 0.3) is 5.91 Å². The van der Waals surface area contributed by atoms with Crippen LogP contribution in [0.2, 0.25) is 0 Å². The summed E-state index contributed by atoms with van der Waals surface area (Å²) in [5.41, 5.74) is 0.471. The van der Waals surface area contributed by atoms with Gasteiger partial charge in [-0.3, -0.25) is 4.79 Å². The van der Waals surface area contributed by atoms with Crippen LogP contribution in [0.15, 0.2) is 22.7 Å². The number of amides is 1. The van der Waals surface area contributed by atoms with Gasteiger partial charge in [0.15, 0.2) is 0 Å². The number of methoxy groups -OCH3 is 1. The summed E-state index contributed by atoms with van der Waals surface area (Å²) in [7, 11) is 3.34. The van der Waals surface area contributed by atoms with Crippen LogP contribution in [0.5, 0.6) is 0 Å². The van der Waals surface area contributed by atoms with Crippen LogP contribution in [-0.2, 0) is 4.74 Å². The van der Waals surface area contributed by atoms with Crippen molar-refractivity contribution in [2.24, 2.45) is 0 Å². The summed E-state index contributed by atoms with van der Waals surface area (Å²) in [6.45, 7) is 1.23. The molecule has 0 saturated heterocycles. The zero-order valence-corrected chi connectivity index (χ0v) is 11.5. The van der Waals surface area contributed by atoms with Gasteiger partial charge in [0.1, 0.15) is 5.82 Å². The van der Waals surface area contributed by atoms with Gasteiger partial charge in [-0.2, -0.15) is 0 Å². The summed E-state index contributed by atoms with van der Waals surface area (Å²) in [5, 5.41) is 0. The Kier molecular flexibility index (Phi) is 5.58. The van der Waals surface area contributed by atoms with Crippen molar-refractivity contribution >= 4 is 21.8 Å². The maximum absolute atomic E-state index is 13.0. The SMILES string of the molecule is COCCCN(C)C(=O)c1ccc(F)c(Br)c1. The van der Waals surface area contributed by atoms with Gasteiger partial charge >= 0.3 is 0 Å². The van der Waals surface area contributed by atoms with E-state index in [0.717, 1.165) is 6.42 Å². The van der Waals surface area contributed by atoms with E-state index in [9.17, 15) is 9.18 Å². The molecule has 0 saturated carbocycles. The lowest BCUT2D eigenvalue weighted by Crippen LogP contribution is -2.28. The van der Waals surface area contributed by atoms with Crippen molar-refractivity contribution in [1.82, 2.24) is 4.90 Å². The third-order valence-electron chi connectivity index (χ3n) is 2.36. The Morgan fingerprint density at radius 2 is 2.24 bits per heavy atom. The number of carbonyl (C=O) groups is 1. The molecule has 17 heavy (non-hydrogen) atoms. The average Bonchev–Trinajstić information content (AvgIpc) is 2.32. The zero-order chi connectivity index (χ0) is 12.8. The molecule has 0 aliphatic heterocycles. The molecule has 0 fully saturated rings. The third kappa shape index (κ3) is 4.09. The topological polar surface area (TPSA) is 29.5 Å². The molecule has 1 aromatic carbocycles. The van der Waals surface area contributed by atoms with E-state index in [2.05, 4.69) is 15.9 Å². The van der Waals surface area contributed by atoms with E-state index in [4.69, 9.17) is 4.74 Å². The highest BCUT2D eigenvalue weighted by Gasteiger charge is 2.12. The van der Waals surface area contributed by atoms with Crippen LogP contribution >= 0.6 is 15.9 Å². The molecule has 0 aliphatic rings. The lowest BCUT2D eigenvalue weighted by atomic mass is 10.2. The van der Waals surface area contributed by atoms with Crippen LogP contribution in [0.1, 0.15) is 16.8 Å². The fraction of sp³-hybridized carbons (Fsp3) is 0.417. The van der Waals surface area contributed by atoms with Crippen LogP contribution < -0.4 is 0 Å². The summed E-state index contributed by atoms with van der Waals surface area (Å²) in [6.07, 6.45) is 0.779. The van der Waals surface area contributed by atoms with Gasteiger partial charge in [-0.15, -0.1) is 0 Å². The summed E-state index contributed by atoms with van der Waals surface area (Å²) in [5.74, 6) is -0.495. The first-order valence-corrected chi connectivity index (χ1v) is 6.05. The molecule has 1 rings (SSSR count). The fourth-order valence-corrected chi connectivity index (χ4v) is 1.78. The second kappa shape index (κ2) is 6.71. The maximum Gasteiger partial charge on any atom is 0.253 e. The number of rotatable bonds is 5. The molecule has 3 nitrogen and oxygen atoms in total. The van der Waals surface area contributed by atoms with Crippen molar-refractivity contribution in [3.63, 3.8) is 0 Å². The molecular formula is C12H15BrFNO2. The lowest BCUT2D eigenvalue weighted by molar-refractivity contribution is 0.0779. The van der Waals surface area contributed by atoms with Crippen molar-refractivity contribution in [3.05, 3.63) is 34.1 Å². The lowest BCUT2D eigenvalue weighted by Gasteiger charge is -2.17. The predicted molar refractivity (Wildman–Crippen MR) is 67.6 cm³/mol. The van der Waals surface area contributed by atoms with Gasteiger partial charge in [-0.05, 0) is 40.5 Å². The first-order valence-electron chi connectivity index (χ1n) is 5.25. The largest absolute Gasteiger partial charge is 0.385 e. The number of hydrogen-bond acceptors (Lipinski definition) is 2. The fourth-order valence-electron chi connectivity index (χ4n) is 1.40. The number of hydrogen-bond donors (Lipinski definition) is 0. The molecule has 0 N–H and O–H groups in total. The molecular weight excluding hydrogens is 289 g/mol. The Hall–Kier alpha value is -0.940. The second-order valence-corrected chi connectivity index (χ2v) is 4.56. The molecule has 0 aromatic heterocycles. The minimum atomic E-state index is -0.372. The van der Waals surface area contributed by atoms with E-state index in [1.807, 2.05) is 0 Å². The Morgan fingerprint density at radius 3 is 2.82 bits per heavy atom. The van der Waals surface area contributed by atoms with Crippen LogP contribution in [0.25, 0.3) is 0 Å². The van der Waals surface area contributed by atoms with Crippen molar-refractivity contribution in [1.29, 1.82) is 0 Å². The smallest absolute Gasteiger partial charge is 0.253 e. The van der Waals surface area contributed by atoms with E-state index < -0.39 is 0 Å². The van der Waals surface area contributed by atoms with E-state index in [0.29, 0.717) is 23.2 Å². The quantitative estimate of drug-likeness (QED) is 0.783. The average molecular weight is 304 g/mol. The first kappa shape index (κ1) is 14.1. The predicted octanol–water partition coefficient (Wildman–Crippen LogP) is 2.70. The molecule has 0 radical (unpaired) electrons. The van der Waals surface area contributed by atoms with E-state index in [-0.39, 0.29) is 11.7 Å². The summed E-state index contributed by atoms with van der Waals surface area (Å²) in [6, 6.07) is 4.25. The Labute approximate surface area is 109 Å². The number of halogens is 2. The monoisotopic (exact) mass is 303 g/mol. The highest BCUT2D eigenvalue weighted by atomic mass is 79.9. The molecule has 0 atom stereocenters. The molecule has 0 aliphatic carbocycles. The molecule has 0 bridgehead atoms. The maximum atomic E-state index is 13.0. The Balaban J connectivity index is 2.65. The van der Waals surface area contributed by atoms with E-state index >= 15 is 0 Å². The molecule has 0 unspecified atom stereocenters. The van der Waals surface area contributed by atoms with E-state index in [1.165, 1.54) is 18.2 Å². The minimum Gasteiger partial charge on any atom is -0.385 e. The number of benzene rings is 1. The van der Waals surface area contributed by atoms with Crippen molar-refractivity contribution in [3.8, 4) is 0 Å². The van der Waals surface area contributed by atoms with Crippen molar-refractivity contribution in [2.75, 3.05) is 27.3 Å². The normalized spacial score (nSPS) is 10.4. The van der Waals surface area contributed by atoms with Gasteiger partial charge in [0.2, 0.25) is 0 Å². The number of nitrogens with zero attached hydrogens (tertiary/aromatic N) is 1. The number of carbonyl (C=O) groups excluding carboxylic acids is 1. The van der Waals surface area contributed by atoms with Crippen LogP contribution in [0.3, 0.4) is 0 Å². The van der Waals surface area contributed by atoms with Crippen molar-refractivity contribution in [2.45, 2.75) is 6.42 Å². The van der Waals surface area contributed by atoms with Gasteiger partial charge in [-0.1, -0.05) is 0 Å². The summed E-state index contributed by atoms with van der Waals surface area (Å²) >= 11 is 3.06. The standard InChI is InChI=1S/C12H15BrFNO2/c1-15(6-3-7-17-2)12(16)9-4-5-11(14)10(13)8-9/h4-5,8H,3,6-7H2,1-2H3. The molecule has 94 valence electrons. The highest BCUT2D eigenvalue weighted by molar-refractivity contribution is 9.10. The summed E-state index contributed by atoms with van der Waals surface area (Å²) in [4.78, 5) is 13.5. The molecule has 5 heteroatoms. The molecule has 0 spiro atoms. The Morgan fingerprint density at radius 1 is 1.53 bits per heavy atom. The van der Waals surface area contributed by atoms with Crippen molar-refractivity contribution < 1.29 is 13.9 Å². The minimum absolute atomic E-state index is 0.123. The first-order chi connectivity index (χ1) is 8.06.